The zero-order valence-corrected chi connectivity index (χ0v) is 17.9. The van der Waals surface area contributed by atoms with Crippen molar-refractivity contribution in [2.75, 3.05) is 10.6 Å². The highest BCUT2D eigenvalue weighted by atomic mass is 32.2. The molecule has 0 aliphatic rings. The van der Waals surface area contributed by atoms with Gasteiger partial charge in [-0.2, -0.15) is 0 Å². The predicted octanol–water partition coefficient (Wildman–Crippen LogP) is 6.14. The molecule has 0 aliphatic carbocycles. The van der Waals surface area contributed by atoms with E-state index in [4.69, 9.17) is 0 Å². The first kappa shape index (κ1) is 24.2. The average molecular weight is 480 g/mol. The normalized spacial score (nSPS) is 11.7. The molecule has 0 fully saturated rings. The third-order valence-corrected chi connectivity index (χ3v) is 5.86. The van der Waals surface area contributed by atoms with Crippen LogP contribution in [0.15, 0.2) is 59.5 Å². The molecule has 0 heterocycles. The van der Waals surface area contributed by atoms with Gasteiger partial charge in [-0.1, -0.05) is 13.0 Å². The lowest BCUT2D eigenvalue weighted by molar-refractivity contribution is -0.115. The van der Waals surface area contributed by atoms with Crippen LogP contribution in [0.3, 0.4) is 0 Å². The number of carbonyl (C=O) groups is 2. The van der Waals surface area contributed by atoms with Gasteiger partial charge >= 0.3 is 0 Å². The topological polar surface area (TPSA) is 58.2 Å². The number of anilines is 2. The van der Waals surface area contributed by atoms with Crippen molar-refractivity contribution >= 4 is 35.0 Å². The highest BCUT2D eigenvalue weighted by Gasteiger charge is 2.25. The highest BCUT2D eigenvalue weighted by Crippen LogP contribution is 2.30. The van der Waals surface area contributed by atoms with Crippen molar-refractivity contribution in [3.8, 4) is 0 Å². The average Bonchev–Trinajstić information content (AvgIpc) is 2.79. The van der Waals surface area contributed by atoms with Crippen molar-refractivity contribution in [2.45, 2.75) is 23.5 Å². The molecule has 172 valence electrons. The van der Waals surface area contributed by atoms with Crippen LogP contribution < -0.4 is 10.6 Å². The van der Waals surface area contributed by atoms with Gasteiger partial charge in [-0.05, 0) is 48.9 Å². The lowest BCUT2D eigenvalue weighted by atomic mass is 10.2. The minimum Gasteiger partial charge on any atom is -0.322 e. The predicted molar refractivity (Wildman–Crippen MR) is 116 cm³/mol. The van der Waals surface area contributed by atoms with Crippen molar-refractivity contribution in [1.29, 1.82) is 0 Å². The Kier molecular flexibility index (Phi) is 7.70. The summed E-state index contributed by atoms with van der Waals surface area (Å²) in [6.45, 7) is 1.65. The number of carbonyl (C=O) groups excluding carboxylic acids is 2. The number of nitrogens with one attached hydrogen (secondary N) is 2. The fraction of sp³-hybridized carbons (Fsp3) is 0.130. The molecule has 0 aromatic heterocycles. The molecule has 2 amide bonds. The Balaban J connectivity index is 1.72. The van der Waals surface area contributed by atoms with Crippen LogP contribution in [0.2, 0.25) is 0 Å². The Bertz CT molecular complexity index is 1160. The number of thioether (sulfide) groups is 1. The van der Waals surface area contributed by atoms with Gasteiger partial charge in [-0.3, -0.25) is 9.59 Å². The van der Waals surface area contributed by atoms with E-state index in [1.54, 1.807) is 31.2 Å². The van der Waals surface area contributed by atoms with Crippen LogP contribution in [0.1, 0.15) is 23.7 Å². The summed E-state index contributed by atoms with van der Waals surface area (Å²) in [5, 5.41) is 3.70. The molecule has 1 unspecified atom stereocenters. The fourth-order valence-corrected chi connectivity index (χ4v) is 3.84. The second-order valence-electron chi connectivity index (χ2n) is 6.84. The van der Waals surface area contributed by atoms with Gasteiger partial charge in [0.1, 0.15) is 11.5 Å². The van der Waals surface area contributed by atoms with Crippen molar-refractivity contribution < 1.29 is 31.5 Å². The summed E-state index contributed by atoms with van der Waals surface area (Å²) in [7, 11) is 0. The minimum atomic E-state index is -1.70. The maximum atomic E-state index is 13.9. The molecule has 0 saturated carbocycles. The molecular formula is C23H17F5N2O2S. The summed E-state index contributed by atoms with van der Waals surface area (Å²) in [4.78, 5) is 25.4. The number of benzene rings is 3. The van der Waals surface area contributed by atoms with E-state index in [1.807, 2.05) is 5.32 Å². The summed E-state index contributed by atoms with van der Waals surface area (Å²) >= 11 is 1.03. The van der Waals surface area contributed by atoms with Crippen LogP contribution in [0.25, 0.3) is 0 Å². The molecule has 10 heteroatoms. The van der Waals surface area contributed by atoms with Crippen LogP contribution in [0.4, 0.5) is 33.3 Å². The van der Waals surface area contributed by atoms with Crippen molar-refractivity contribution in [2.24, 2.45) is 0 Å². The van der Waals surface area contributed by atoms with Gasteiger partial charge in [0, 0.05) is 22.2 Å². The minimum absolute atomic E-state index is 0.0537. The van der Waals surface area contributed by atoms with E-state index >= 15 is 0 Å². The van der Waals surface area contributed by atoms with Gasteiger partial charge < -0.3 is 10.6 Å². The Morgan fingerprint density at radius 1 is 0.879 bits per heavy atom. The monoisotopic (exact) mass is 480 g/mol. The molecule has 4 nitrogen and oxygen atoms in total. The molecule has 3 aromatic rings. The van der Waals surface area contributed by atoms with Gasteiger partial charge in [0.25, 0.3) is 5.91 Å². The van der Waals surface area contributed by atoms with E-state index in [-0.39, 0.29) is 18.1 Å². The number of hydrogen-bond donors (Lipinski definition) is 2. The maximum Gasteiger partial charge on any atom is 0.255 e. The lowest BCUT2D eigenvalue weighted by Crippen LogP contribution is -2.26. The first-order valence-corrected chi connectivity index (χ1v) is 10.5. The second-order valence-corrected chi connectivity index (χ2v) is 8.11. The Morgan fingerprint density at radius 2 is 1.52 bits per heavy atom. The standard InChI is InChI=1S/C23H17F5N2O2S/c1-2-18(23(32)30-21-19(27)16(25)11-17(26)20(21)28)33-15-5-3-4-14(10-15)29-22(31)12-6-8-13(24)9-7-12/h3-11,18H,2H2,1H3,(H,29,31)(H,30,32). The molecule has 3 rings (SSSR count). The number of hydrogen-bond acceptors (Lipinski definition) is 3. The van der Waals surface area contributed by atoms with E-state index in [1.165, 1.54) is 12.1 Å². The summed E-state index contributed by atoms with van der Waals surface area (Å²) in [6, 6.07) is 11.5. The van der Waals surface area contributed by atoms with Gasteiger partial charge in [0.2, 0.25) is 5.91 Å². The molecule has 0 radical (unpaired) electrons. The molecule has 33 heavy (non-hydrogen) atoms. The second kappa shape index (κ2) is 10.5. The van der Waals surface area contributed by atoms with E-state index in [9.17, 15) is 31.5 Å². The first-order chi connectivity index (χ1) is 15.7. The molecule has 1 atom stereocenters. The lowest BCUT2D eigenvalue weighted by Gasteiger charge is -2.16. The summed E-state index contributed by atoms with van der Waals surface area (Å²) in [6.07, 6.45) is 0.226. The summed E-state index contributed by atoms with van der Waals surface area (Å²) in [5.74, 6) is -8.47. The van der Waals surface area contributed by atoms with E-state index in [0.717, 1.165) is 23.9 Å². The number of amides is 2. The molecule has 3 aromatic carbocycles. The Hall–Kier alpha value is -3.40. The first-order valence-electron chi connectivity index (χ1n) is 9.67. The Morgan fingerprint density at radius 3 is 2.12 bits per heavy atom. The van der Waals surface area contributed by atoms with Crippen LogP contribution in [-0.4, -0.2) is 17.1 Å². The zero-order valence-electron chi connectivity index (χ0n) is 17.1. The smallest absolute Gasteiger partial charge is 0.255 e. The molecule has 0 bridgehead atoms. The van der Waals surface area contributed by atoms with Gasteiger partial charge in [0.05, 0.1) is 5.25 Å². The van der Waals surface area contributed by atoms with Crippen molar-refractivity contribution in [3.05, 3.63) is 89.2 Å². The quantitative estimate of drug-likeness (QED) is 0.243. The highest BCUT2D eigenvalue weighted by molar-refractivity contribution is 8.00. The van der Waals surface area contributed by atoms with E-state index < -0.39 is 51.8 Å². The molecule has 0 aliphatic heterocycles. The van der Waals surface area contributed by atoms with Crippen LogP contribution in [0.5, 0.6) is 0 Å². The summed E-state index contributed by atoms with van der Waals surface area (Å²) in [5.41, 5.74) is -0.558. The third kappa shape index (κ3) is 5.89. The van der Waals surface area contributed by atoms with E-state index in [0.29, 0.717) is 10.6 Å². The molecule has 0 saturated heterocycles. The number of halogens is 5. The van der Waals surface area contributed by atoms with E-state index in [2.05, 4.69) is 5.32 Å². The Labute approximate surface area is 190 Å². The molecule has 0 spiro atoms. The van der Waals surface area contributed by atoms with Gasteiger partial charge in [-0.15, -0.1) is 11.8 Å². The number of rotatable bonds is 7. The largest absolute Gasteiger partial charge is 0.322 e. The van der Waals surface area contributed by atoms with Crippen LogP contribution in [-0.2, 0) is 4.79 Å². The zero-order chi connectivity index (χ0) is 24.1. The molecule has 2 N–H and O–H groups in total. The summed E-state index contributed by atoms with van der Waals surface area (Å²) < 4.78 is 67.6. The fourth-order valence-electron chi connectivity index (χ4n) is 2.82. The molecular weight excluding hydrogens is 463 g/mol. The van der Waals surface area contributed by atoms with Crippen molar-refractivity contribution in [3.63, 3.8) is 0 Å². The maximum absolute atomic E-state index is 13.9. The van der Waals surface area contributed by atoms with Crippen LogP contribution in [0, 0.1) is 29.1 Å². The van der Waals surface area contributed by atoms with Gasteiger partial charge in [0.15, 0.2) is 23.3 Å². The van der Waals surface area contributed by atoms with Crippen LogP contribution >= 0.6 is 11.8 Å². The third-order valence-electron chi connectivity index (χ3n) is 4.50. The SMILES string of the molecule is CCC(Sc1cccc(NC(=O)c2ccc(F)cc2)c1)C(=O)Nc1c(F)c(F)cc(F)c1F. The van der Waals surface area contributed by atoms with Crippen molar-refractivity contribution in [1.82, 2.24) is 0 Å². The van der Waals surface area contributed by atoms with Gasteiger partial charge in [-0.25, -0.2) is 22.0 Å².